The summed E-state index contributed by atoms with van der Waals surface area (Å²) in [5.41, 5.74) is 0.798. The molecule has 0 aliphatic carbocycles. The summed E-state index contributed by atoms with van der Waals surface area (Å²) < 4.78 is 25.9. The zero-order valence-electron chi connectivity index (χ0n) is 15.1. The maximum Gasteiger partial charge on any atom is 0.261 e. The fourth-order valence-electron chi connectivity index (χ4n) is 3.43. The average Bonchev–Trinajstić information content (AvgIpc) is 3.08. The summed E-state index contributed by atoms with van der Waals surface area (Å²) in [7, 11) is 1.38. The standard InChI is InChI=1S/C19H18FN5O3/c1-27-16-8-12(2-3-13(16)20)23-18-17-14(4-6-22-19(17)26)25(24-18)15-10-28-7-5-11(15)9-21/h2-4,6,8,11,15H,5,7,10H2,1H3,(H,22,26)(H,23,24)/t11-,15?/m1/s1. The zero-order chi connectivity index (χ0) is 19.7. The Labute approximate surface area is 159 Å². The van der Waals surface area contributed by atoms with Crippen LogP contribution in [0, 0.1) is 23.1 Å². The Hall–Kier alpha value is -3.38. The summed E-state index contributed by atoms with van der Waals surface area (Å²) in [5.74, 6) is -0.368. The molecule has 1 saturated heterocycles. The molecule has 2 atom stereocenters. The summed E-state index contributed by atoms with van der Waals surface area (Å²) in [6.45, 7) is 0.862. The molecule has 0 bridgehead atoms. The van der Waals surface area contributed by atoms with Crippen LogP contribution < -0.4 is 15.6 Å². The van der Waals surface area contributed by atoms with Crippen LogP contribution >= 0.6 is 0 Å². The number of nitrogens with zero attached hydrogens (tertiary/aromatic N) is 3. The van der Waals surface area contributed by atoms with E-state index in [-0.39, 0.29) is 23.3 Å². The van der Waals surface area contributed by atoms with Crippen molar-refractivity contribution in [3.8, 4) is 11.8 Å². The lowest BCUT2D eigenvalue weighted by molar-refractivity contribution is 0.0359. The molecule has 0 saturated carbocycles. The van der Waals surface area contributed by atoms with Gasteiger partial charge in [0.15, 0.2) is 17.4 Å². The van der Waals surface area contributed by atoms with Gasteiger partial charge in [-0.1, -0.05) is 0 Å². The summed E-state index contributed by atoms with van der Waals surface area (Å²) >= 11 is 0. The van der Waals surface area contributed by atoms with Gasteiger partial charge in [0.25, 0.3) is 5.56 Å². The lowest BCUT2D eigenvalue weighted by atomic mass is 9.96. The van der Waals surface area contributed by atoms with Crippen molar-refractivity contribution in [2.45, 2.75) is 12.5 Å². The number of nitrogens with one attached hydrogen (secondary N) is 2. The number of H-pyrrole nitrogens is 1. The van der Waals surface area contributed by atoms with E-state index in [1.54, 1.807) is 16.9 Å². The first-order valence-electron chi connectivity index (χ1n) is 8.80. The number of aromatic amines is 1. The van der Waals surface area contributed by atoms with Crippen LogP contribution in [0.4, 0.5) is 15.9 Å². The fraction of sp³-hybridized carbons (Fsp3) is 0.316. The van der Waals surface area contributed by atoms with E-state index in [9.17, 15) is 14.4 Å². The summed E-state index contributed by atoms with van der Waals surface area (Å²) in [6, 6.07) is 8.03. The van der Waals surface area contributed by atoms with Crippen molar-refractivity contribution in [1.29, 1.82) is 5.26 Å². The molecule has 0 amide bonds. The molecule has 3 aromatic rings. The minimum atomic E-state index is -0.488. The Morgan fingerprint density at radius 3 is 3.11 bits per heavy atom. The first kappa shape index (κ1) is 18.0. The second-order valence-electron chi connectivity index (χ2n) is 6.50. The topological polar surface area (TPSA) is 105 Å². The molecule has 1 aliphatic rings. The number of hydrogen-bond donors (Lipinski definition) is 2. The normalized spacial score (nSPS) is 19.3. The van der Waals surface area contributed by atoms with Gasteiger partial charge < -0.3 is 19.8 Å². The third-order valence-electron chi connectivity index (χ3n) is 4.85. The van der Waals surface area contributed by atoms with Crippen LogP contribution in [0.15, 0.2) is 35.3 Å². The highest BCUT2D eigenvalue weighted by atomic mass is 19.1. The molecule has 9 heteroatoms. The predicted molar refractivity (Wildman–Crippen MR) is 100 cm³/mol. The van der Waals surface area contributed by atoms with Gasteiger partial charge in [-0.3, -0.25) is 9.48 Å². The number of nitriles is 1. The first-order chi connectivity index (χ1) is 13.6. The largest absolute Gasteiger partial charge is 0.494 e. The van der Waals surface area contributed by atoms with E-state index in [1.807, 2.05) is 0 Å². The number of anilines is 2. The molecule has 2 aromatic heterocycles. The molecule has 1 aromatic carbocycles. The van der Waals surface area contributed by atoms with Crippen LogP contribution in [0.3, 0.4) is 0 Å². The third-order valence-corrected chi connectivity index (χ3v) is 4.85. The molecule has 144 valence electrons. The van der Waals surface area contributed by atoms with E-state index in [2.05, 4.69) is 21.5 Å². The minimum absolute atomic E-state index is 0.0767. The molecule has 8 nitrogen and oxygen atoms in total. The molecule has 0 radical (unpaired) electrons. The molecule has 1 fully saturated rings. The van der Waals surface area contributed by atoms with Crippen molar-refractivity contribution in [1.82, 2.24) is 14.8 Å². The molecule has 3 heterocycles. The second kappa shape index (κ2) is 7.32. The summed E-state index contributed by atoms with van der Waals surface area (Å²) in [6.07, 6.45) is 2.14. The Kier molecular flexibility index (Phi) is 4.71. The smallest absolute Gasteiger partial charge is 0.261 e. The number of aromatic nitrogens is 3. The van der Waals surface area contributed by atoms with E-state index in [0.29, 0.717) is 42.0 Å². The quantitative estimate of drug-likeness (QED) is 0.718. The van der Waals surface area contributed by atoms with Gasteiger partial charge >= 0.3 is 0 Å². The van der Waals surface area contributed by atoms with Crippen LogP contribution in [0.5, 0.6) is 5.75 Å². The highest BCUT2D eigenvalue weighted by Crippen LogP contribution is 2.32. The molecule has 0 spiro atoms. The molecule has 2 N–H and O–H groups in total. The van der Waals surface area contributed by atoms with Gasteiger partial charge in [-0.25, -0.2) is 4.39 Å². The molecular weight excluding hydrogens is 365 g/mol. The maximum atomic E-state index is 13.7. The lowest BCUT2D eigenvalue weighted by Crippen LogP contribution is -2.30. The maximum absolute atomic E-state index is 13.7. The van der Waals surface area contributed by atoms with E-state index >= 15 is 0 Å². The van der Waals surface area contributed by atoms with E-state index < -0.39 is 5.82 Å². The van der Waals surface area contributed by atoms with Crippen LogP contribution in [-0.2, 0) is 4.74 Å². The van der Waals surface area contributed by atoms with Gasteiger partial charge in [-0.15, -0.1) is 0 Å². The number of hydrogen-bond acceptors (Lipinski definition) is 6. The number of rotatable bonds is 4. The monoisotopic (exact) mass is 383 g/mol. The Morgan fingerprint density at radius 2 is 2.32 bits per heavy atom. The van der Waals surface area contributed by atoms with Crippen LogP contribution in [0.25, 0.3) is 10.9 Å². The van der Waals surface area contributed by atoms with Gasteiger partial charge in [0.05, 0.1) is 37.3 Å². The number of methoxy groups -OCH3 is 1. The zero-order valence-corrected chi connectivity index (χ0v) is 15.1. The van der Waals surface area contributed by atoms with E-state index in [1.165, 1.54) is 25.3 Å². The Balaban J connectivity index is 1.81. The van der Waals surface area contributed by atoms with Crippen molar-refractivity contribution in [2.24, 2.45) is 5.92 Å². The summed E-state index contributed by atoms with van der Waals surface area (Å²) in [4.78, 5) is 15.1. The third kappa shape index (κ3) is 3.08. The summed E-state index contributed by atoms with van der Waals surface area (Å²) in [5, 5.41) is 17.5. The van der Waals surface area contributed by atoms with Gasteiger partial charge in [0, 0.05) is 24.6 Å². The number of pyridine rings is 1. The lowest BCUT2D eigenvalue weighted by Gasteiger charge is -2.27. The van der Waals surface area contributed by atoms with Gasteiger partial charge in [0.1, 0.15) is 5.39 Å². The van der Waals surface area contributed by atoms with E-state index in [0.717, 1.165) is 0 Å². The van der Waals surface area contributed by atoms with Crippen molar-refractivity contribution in [3.63, 3.8) is 0 Å². The average molecular weight is 383 g/mol. The number of fused-ring (bicyclic) bond motifs is 1. The molecule has 4 rings (SSSR count). The molecular formula is C19H18FN5O3. The Bertz CT molecular complexity index is 1120. The predicted octanol–water partition coefficient (Wildman–Crippen LogP) is 2.72. The molecule has 1 aliphatic heterocycles. The highest BCUT2D eigenvalue weighted by molar-refractivity contribution is 5.91. The first-order valence-corrected chi connectivity index (χ1v) is 8.80. The second-order valence-corrected chi connectivity index (χ2v) is 6.50. The van der Waals surface area contributed by atoms with Crippen LogP contribution in [0.1, 0.15) is 12.5 Å². The fourth-order valence-corrected chi connectivity index (χ4v) is 3.43. The van der Waals surface area contributed by atoms with E-state index in [4.69, 9.17) is 9.47 Å². The SMILES string of the molecule is COc1cc(Nc2nn(C3COCC[C@@H]3C#N)c3cc[nH]c(=O)c23)ccc1F. The minimum Gasteiger partial charge on any atom is -0.494 e. The van der Waals surface area contributed by atoms with Crippen molar-refractivity contribution in [2.75, 3.05) is 25.6 Å². The molecule has 1 unspecified atom stereocenters. The van der Waals surface area contributed by atoms with Crippen LogP contribution in [-0.4, -0.2) is 35.1 Å². The molecule has 28 heavy (non-hydrogen) atoms. The van der Waals surface area contributed by atoms with Gasteiger partial charge in [0.2, 0.25) is 0 Å². The van der Waals surface area contributed by atoms with Gasteiger partial charge in [-0.2, -0.15) is 10.4 Å². The van der Waals surface area contributed by atoms with Gasteiger partial charge in [-0.05, 0) is 24.6 Å². The highest BCUT2D eigenvalue weighted by Gasteiger charge is 2.30. The number of halogens is 1. The Morgan fingerprint density at radius 1 is 1.46 bits per heavy atom. The van der Waals surface area contributed by atoms with Crippen LogP contribution in [0.2, 0.25) is 0 Å². The van der Waals surface area contributed by atoms with Crippen molar-refractivity contribution in [3.05, 3.63) is 46.6 Å². The number of ether oxygens (including phenoxy) is 2. The van der Waals surface area contributed by atoms with Crippen molar-refractivity contribution < 1.29 is 13.9 Å². The number of benzene rings is 1. The van der Waals surface area contributed by atoms with Crippen molar-refractivity contribution >= 4 is 22.4 Å².